The number of anilines is 1. The van der Waals surface area contributed by atoms with Gasteiger partial charge in [0.1, 0.15) is 22.1 Å². The summed E-state index contributed by atoms with van der Waals surface area (Å²) in [5.74, 6) is -2.03. The first kappa shape index (κ1) is 23.4. The molecule has 1 amide bonds. The van der Waals surface area contributed by atoms with Crippen molar-refractivity contribution >= 4 is 34.7 Å². The fourth-order valence-corrected chi connectivity index (χ4v) is 5.14. The highest BCUT2D eigenvalue weighted by Crippen LogP contribution is 2.34. The number of allylic oxidation sites excluding steroid dienone is 1. The van der Waals surface area contributed by atoms with Gasteiger partial charge in [-0.1, -0.05) is 6.08 Å². The highest BCUT2D eigenvalue weighted by molar-refractivity contribution is 7.11. The molecule has 1 fully saturated rings. The SMILES string of the molecule is CCO[C@H]1CC[C@H](n2cc(NC(=O)c3csc(C4=CCN=C4)n3)c(-c3nc(F)ccc3F)n2)CC1. The molecule has 8 nitrogen and oxygen atoms in total. The van der Waals surface area contributed by atoms with Gasteiger partial charge >= 0.3 is 0 Å². The molecule has 0 aromatic carbocycles. The average molecular weight is 499 g/mol. The smallest absolute Gasteiger partial charge is 0.275 e. The van der Waals surface area contributed by atoms with E-state index in [-0.39, 0.29) is 34.9 Å². The molecule has 3 aromatic rings. The number of thiazole rings is 1. The predicted octanol–water partition coefficient (Wildman–Crippen LogP) is 4.92. The first-order valence-electron chi connectivity index (χ1n) is 11.5. The second kappa shape index (κ2) is 10.1. The van der Waals surface area contributed by atoms with Crippen molar-refractivity contribution < 1.29 is 18.3 Å². The number of nitrogens with one attached hydrogen (secondary N) is 1. The van der Waals surface area contributed by atoms with E-state index in [0.717, 1.165) is 43.4 Å². The number of amides is 1. The second-order valence-electron chi connectivity index (χ2n) is 8.37. The van der Waals surface area contributed by atoms with Gasteiger partial charge in [-0.25, -0.2) is 14.4 Å². The zero-order chi connectivity index (χ0) is 24.4. The number of ether oxygens (including phenoxy) is 1. The Kier molecular flexibility index (Phi) is 6.78. The van der Waals surface area contributed by atoms with Crippen LogP contribution < -0.4 is 5.32 Å². The van der Waals surface area contributed by atoms with E-state index < -0.39 is 17.7 Å². The lowest BCUT2D eigenvalue weighted by Gasteiger charge is -2.28. The number of nitrogens with zero attached hydrogens (tertiary/aromatic N) is 5. The Hall–Kier alpha value is -3.31. The van der Waals surface area contributed by atoms with Gasteiger partial charge in [0, 0.05) is 30.0 Å². The maximum Gasteiger partial charge on any atom is 0.275 e. The summed E-state index contributed by atoms with van der Waals surface area (Å²) < 4.78 is 35.9. The molecule has 1 aliphatic carbocycles. The number of hydrogen-bond acceptors (Lipinski definition) is 7. The van der Waals surface area contributed by atoms with E-state index in [4.69, 9.17) is 4.74 Å². The molecule has 2 aliphatic rings. The molecule has 0 saturated heterocycles. The molecule has 11 heteroatoms. The molecule has 0 bridgehead atoms. The summed E-state index contributed by atoms with van der Waals surface area (Å²) >= 11 is 1.34. The summed E-state index contributed by atoms with van der Waals surface area (Å²) in [6, 6.07) is 1.99. The van der Waals surface area contributed by atoms with Gasteiger partial charge in [0.25, 0.3) is 5.91 Å². The maximum atomic E-state index is 14.6. The molecular formula is C24H24F2N6O2S. The minimum atomic E-state index is -0.832. The molecule has 35 heavy (non-hydrogen) atoms. The fourth-order valence-electron chi connectivity index (χ4n) is 4.34. The van der Waals surface area contributed by atoms with Gasteiger partial charge in [-0.15, -0.1) is 11.3 Å². The van der Waals surface area contributed by atoms with Crippen LogP contribution in [0.5, 0.6) is 0 Å². The van der Waals surface area contributed by atoms with Crippen LogP contribution in [0.1, 0.15) is 54.1 Å². The Balaban J connectivity index is 1.43. The van der Waals surface area contributed by atoms with E-state index in [2.05, 4.69) is 25.4 Å². The quantitative estimate of drug-likeness (QED) is 0.467. The van der Waals surface area contributed by atoms with Crippen LogP contribution in [0.2, 0.25) is 0 Å². The second-order valence-corrected chi connectivity index (χ2v) is 9.23. The lowest BCUT2D eigenvalue weighted by Crippen LogP contribution is -2.24. The van der Waals surface area contributed by atoms with Gasteiger partial charge in [0.15, 0.2) is 5.82 Å². The normalized spacial score (nSPS) is 19.7. The first-order chi connectivity index (χ1) is 17.0. The van der Waals surface area contributed by atoms with Crippen LogP contribution in [0.3, 0.4) is 0 Å². The van der Waals surface area contributed by atoms with Gasteiger partial charge in [-0.05, 0) is 44.7 Å². The number of hydrogen-bond donors (Lipinski definition) is 1. The topological polar surface area (TPSA) is 94.3 Å². The molecule has 0 atom stereocenters. The first-order valence-corrected chi connectivity index (χ1v) is 12.4. The van der Waals surface area contributed by atoms with E-state index in [1.165, 1.54) is 11.3 Å². The number of aliphatic imine (C=N–C) groups is 1. The number of rotatable bonds is 7. The molecule has 0 unspecified atom stereocenters. The molecule has 0 radical (unpaired) electrons. The van der Waals surface area contributed by atoms with Gasteiger partial charge in [0.2, 0.25) is 5.95 Å². The van der Waals surface area contributed by atoms with Crippen molar-refractivity contribution in [3.63, 3.8) is 0 Å². The third-order valence-corrected chi connectivity index (χ3v) is 6.96. The molecule has 1 N–H and O–H groups in total. The van der Waals surface area contributed by atoms with E-state index >= 15 is 0 Å². The molecule has 5 rings (SSSR count). The Bertz CT molecular complexity index is 1290. The van der Waals surface area contributed by atoms with E-state index in [1.807, 2.05) is 13.0 Å². The minimum Gasteiger partial charge on any atom is -0.379 e. The number of pyridine rings is 1. The predicted molar refractivity (Wildman–Crippen MR) is 130 cm³/mol. The Labute approximate surface area is 204 Å². The largest absolute Gasteiger partial charge is 0.379 e. The van der Waals surface area contributed by atoms with Gasteiger partial charge in [0.05, 0.1) is 24.4 Å². The van der Waals surface area contributed by atoms with Crippen LogP contribution in [0.4, 0.5) is 14.5 Å². The van der Waals surface area contributed by atoms with Crippen molar-refractivity contribution in [2.75, 3.05) is 18.5 Å². The lowest BCUT2D eigenvalue weighted by molar-refractivity contribution is 0.0260. The maximum absolute atomic E-state index is 14.6. The van der Waals surface area contributed by atoms with Crippen molar-refractivity contribution in [2.45, 2.75) is 44.8 Å². The molecule has 4 heterocycles. The van der Waals surface area contributed by atoms with Crippen molar-refractivity contribution in [2.24, 2.45) is 4.99 Å². The molecule has 1 saturated carbocycles. The standard InChI is InChI=1S/C24H24F2N6O2S/c1-2-34-16-5-3-15(4-6-16)32-12-18(22(31-32)21-17(25)7-8-20(26)30-21)28-23(33)19-13-35-24(29-19)14-9-10-27-11-14/h7-9,11-13,15-16H,2-6,10H2,1H3,(H,28,33)/t15-,16-. The summed E-state index contributed by atoms with van der Waals surface area (Å²) in [6.07, 6.45) is 8.93. The average Bonchev–Trinajstić information content (AvgIpc) is 3.62. The Morgan fingerprint density at radius 3 is 2.77 bits per heavy atom. The third-order valence-electron chi connectivity index (χ3n) is 6.07. The summed E-state index contributed by atoms with van der Waals surface area (Å²) in [7, 11) is 0. The summed E-state index contributed by atoms with van der Waals surface area (Å²) in [4.78, 5) is 25.3. The molecule has 182 valence electrons. The number of carbonyl (C=O) groups excluding carboxylic acids is 1. The van der Waals surface area contributed by atoms with Crippen LogP contribution in [0, 0.1) is 11.8 Å². The van der Waals surface area contributed by atoms with E-state index in [0.29, 0.717) is 18.2 Å². The van der Waals surface area contributed by atoms with Crippen molar-refractivity contribution in [1.29, 1.82) is 0 Å². The number of aromatic nitrogens is 4. The molecular weight excluding hydrogens is 474 g/mol. The van der Waals surface area contributed by atoms with Gasteiger partial charge in [-0.3, -0.25) is 14.5 Å². The highest BCUT2D eigenvalue weighted by atomic mass is 32.1. The third kappa shape index (κ3) is 5.06. The lowest BCUT2D eigenvalue weighted by atomic mass is 9.93. The molecule has 1 aliphatic heterocycles. The Morgan fingerprint density at radius 2 is 2.03 bits per heavy atom. The Morgan fingerprint density at radius 1 is 1.20 bits per heavy atom. The zero-order valence-electron chi connectivity index (χ0n) is 19.1. The van der Waals surface area contributed by atoms with Crippen LogP contribution >= 0.6 is 11.3 Å². The van der Waals surface area contributed by atoms with Crippen molar-refractivity contribution in [3.05, 3.63) is 52.3 Å². The van der Waals surface area contributed by atoms with Crippen LogP contribution in [0.25, 0.3) is 17.0 Å². The minimum absolute atomic E-state index is 0.0483. The molecule has 3 aromatic heterocycles. The summed E-state index contributed by atoms with van der Waals surface area (Å²) in [5, 5.41) is 9.66. The van der Waals surface area contributed by atoms with Gasteiger partial charge < -0.3 is 10.1 Å². The van der Waals surface area contributed by atoms with Gasteiger partial charge in [-0.2, -0.15) is 9.49 Å². The summed E-state index contributed by atoms with van der Waals surface area (Å²) in [6.45, 7) is 3.24. The van der Waals surface area contributed by atoms with Crippen LogP contribution in [-0.4, -0.2) is 51.1 Å². The van der Waals surface area contributed by atoms with Crippen molar-refractivity contribution in [3.8, 4) is 11.4 Å². The highest BCUT2D eigenvalue weighted by Gasteiger charge is 2.27. The summed E-state index contributed by atoms with van der Waals surface area (Å²) in [5.41, 5.74) is 1.15. The molecule has 0 spiro atoms. The monoisotopic (exact) mass is 498 g/mol. The van der Waals surface area contributed by atoms with Crippen molar-refractivity contribution in [1.82, 2.24) is 19.7 Å². The van der Waals surface area contributed by atoms with E-state index in [1.54, 1.807) is 22.5 Å². The zero-order valence-corrected chi connectivity index (χ0v) is 19.9. The number of carbonyl (C=O) groups is 1. The van der Waals surface area contributed by atoms with E-state index in [9.17, 15) is 13.6 Å². The van der Waals surface area contributed by atoms with Crippen LogP contribution in [0.15, 0.2) is 34.8 Å². The fraction of sp³-hybridized carbons (Fsp3) is 0.375. The number of halogens is 2. The van der Waals surface area contributed by atoms with Crippen LogP contribution in [-0.2, 0) is 4.74 Å².